The molecule has 3 rings (SSSR count). The van der Waals surface area contributed by atoms with Gasteiger partial charge in [-0.25, -0.2) is 0 Å². The molecule has 0 radical (unpaired) electrons. The fraction of sp³-hybridized carbons (Fsp3) is 0.105. The maximum atomic E-state index is 13.0. The highest BCUT2D eigenvalue weighted by Gasteiger charge is 2.30. The Kier molecular flexibility index (Phi) is 4.71. The largest absolute Gasteiger partial charge is 0.437 e. The van der Waals surface area contributed by atoms with E-state index in [0.29, 0.717) is 34.4 Å². The van der Waals surface area contributed by atoms with E-state index >= 15 is 0 Å². The lowest BCUT2D eigenvalue weighted by Crippen LogP contribution is -2.05. The molecule has 0 saturated carbocycles. The Balaban J connectivity index is 2.02. The molecule has 0 amide bonds. The van der Waals surface area contributed by atoms with Gasteiger partial charge < -0.3 is 4.74 Å². The SMILES string of the molecule is Cc1cc(-c2cccc(C(F)(F)F)c2)c(Oc2ccc(C=O)cc2)nn1. The Labute approximate surface area is 147 Å². The van der Waals surface area contributed by atoms with Gasteiger partial charge in [0, 0.05) is 11.1 Å². The molecule has 1 heterocycles. The van der Waals surface area contributed by atoms with Crippen LogP contribution in [0.3, 0.4) is 0 Å². The minimum absolute atomic E-state index is 0.0776. The van der Waals surface area contributed by atoms with Crippen LogP contribution in [0.2, 0.25) is 0 Å². The monoisotopic (exact) mass is 358 g/mol. The lowest BCUT2D eigenvalue weighted by atomic mass is 10.0. The predicted octanol–water partition coefficient (Wildman–Crippen LogP) is 5.08. The molecule has 7 heteroatoms. The summed E-state index contributed by atoms with van der Waals surface area (Å²) in [6.45, 7) is 1.69. The van der Waals surface area contributed by atoms with Gasteiger partial charge >= 0.3 is 6.18 Å². The Morgan fingerprint density at radius 3 is 2.38 bits per heavy atom. The Morgan fingerprint density at radius 1 is 1.00 bits per heavy atom. The average Bonchev–Trinajstić information content (AvgIpc) is 2.63. The molecular weight excluding hydrogens is 345 g/mol. The number of hydrogen-bond donors (Lipinski definition) is 0. The molecule has 4 nitrogen and oxygen atoms in total. The smallest absolute Gasteiger partial charge is 0.416 e. The number of alkyl halides is 3. The molecule has 26 heavy (non-hydrogen) atoms. The van der Waals surface area contributed by atoms with Gasteiger partial charge in [-0.05, 0) is 55.0 Å². The summed E-state index contributed by atoms with van der Waals surface area (Å²) in [4.78, 5) is 10.7. The zero-order valence-electron chi connectivity index (χ0n) is 13.6. The summed E-state index contributed by atoms with van der Waals surface area (Å²) >= 11 is 0. The number of hydrogen-bond acceptors (Lipinski definition) is 4. The molecule has 0 spiro atoms. The standard InChI is InChI=1S/C19H13F3N2O2/c1-12-9-17(14-3-2-4-15(10-14)19(20,21)22)18(24-23-12)26-16-7-5-13(11-25)6-8-16/h2-11H,1H3. The van der Waals surface area contributed by atoms with Gasteiger partial charge in [0.05, 0.1) is 11.3 Å². The van der Waals surface area contributed by atoms with Gasteiger partial charge in [-0.1, -0.05) is 12.1 Å². The van der Waals surface area contributed by atoms with E-state index in [1.54, 1.807) is 43.3 Å². The first-order chi connectivity index (χ1) is 12.4. The average molecular weight is 358 g/mol. The van der Waals surface area contributed by atoms with E-state index in [-0.39, 0.29) is 5.88 Å². The van der Waals surface area contributed by atoms with Crippen LogP contribution in [0, 0.1) is 6.92 Å². The maximum Gasteiger partial charge on any atom is 0.416 e. The molecule has 0 saturated heterocycles. The normalized spacial score (nSPS) is 11.2. The third-order valence-electron chi connectivity index (χ3n) is 3.61. The highest BCUT2D eigenvalue weighted by molar-refractivity contribution is 5.75. The van der Waals surface area contributed by atoms with Gasteiger partial charge in [0.15, 0.2) is 0 Å². The van der Waals surface area contributed by atoms with Crippen molar-refractivity contribution in [1.82, 2.24) is 10.2 Å². The van der Waals surface area contributed by atoms with Crippen LogP contribution in [-0.2, 0) is 6.18 Å². The molecule has 0 aliphatic rings. The van der Waals surface area contributed by atoms with Crippen LogP contribution in [-0.4, -0.2) is 16.5 Å². The lowest BCUT2D eigenvalue weighted by molar-refractivity contribution is -0.137. The first-order valence-electron chi connectivity index (χ1n) is 7.62. The third-order valence-corrected chi connectivity index (χ3v) is 3.61. The summed E-state index contributed by atoms with van der Waals surface area (Å²) in [7, 11) is 0. The quantitative estimate of drug-likeness (QED) is 0.611. The highest BCUT2D eigenvalue weighted by Crippen LogP contribution is 2.36. The molecular formula is C19H13F3N2O2. The second kappa shape index (κ2) is 6.95. The van der Waals surface area contributed by atoms with Crippen molar-refractivity contribution in [2.75, 3.05) is 0 Å². The Hall–Kier alpha value is -3.22. The number of aldehydes is 1. The summed E-state index contributed by atoms with van der Waals surface area (Å²) in [6.07, 6.45) is -3.75. The van der Waals surface area contributed by atoms with Gasteiger partial charge in [0.1, 0.15) is 12.0 Å². The van der Waals surface area contributed by atoms with Gasteiger partial charge in [-0.15, -0.1) is 5.10 Å². The van der Waals surface area contributed by atoms with Crippen molar-refractivity contribution in [2.45, 2.75) is 13.1 Å². The van der Waals surface area contributed by atoms with Crippen molar-refractivity contribution in [3.63, 3.8) is 0 Å². The Bertz CT molecular complexity index is 938. The number of halogens is 3. The fourth-order valence-electron chi connectivity index (χ4n) is 2.35. The van der Waals surface area contributed by atoms with Crippen molar-refractivity contribution >= 4 is 6.29 Å². The molecule has 0 fully saturated rings. The van der Waals surface area contributed by atoms with Crippen LogP contribution in [0.15, 0.2) is 54.6 Å². The summed E-state index contributed by atoms with van der Waals surface area (Å²) in [6, 6.07) is 12.8. The van der Waals surface area contributed by atoms with Gasteiger partial charge in [0.2, 0.25) is 5.88 Å². The number of benzene rings is 2. The van der Waals surface area contributed by atoms with Crippen molar-refractivity contribution in [3.8, 4) is 22.8 Å². The molecule has 0 N–H and O–H groups in total. The third kappa shape index (κ3) is 3.88. The number of rotatable bonds is 4. The van der Waals surface area contributed by atoms with Crippen LogP contribution >= 0.6 is 0 Å². The number of nitrogens with zero attached hydrogens (tertiary/aromatic N) is 2. The minimum Gasteiger partial charge on any atom is -0.437 e. The van der Waals surface area contributed by atoms with Crippen LogP contribution in [0.25, 0.3) is 11.1 Å². The van der Waals surface area contributed by atoms with E-state index in [2.05, 4.69) is 10.2 Å². The zero-order chi connectivity index (χ0) is 18.7. The first-order valence-corrected chi connectivity index (χ1v) is 7.62. The van der Waals surface area contributed by atoms with Gasteiger partial charge in [-0.2, -0.15) is 18.3 Å². The van der Waals surface area contributed by atoms with Crippen LogP contribution < -0.4 is 4.74 Å². The molecule has 132 valence electrons. The number of carbonyl (C=O) groups is 1. The van der Waals surface area contributed by atoms with Gasteiger partial charge in [0.25, 0.3) is 0 Å². The molecule has 0 atom stereocenters. The van der Waals surface area contributed by atoms with E-state index in [0.717, 1.165) is 12.1 Å². The van der Waals surface area contributed by atoms with E-state index < -0.39 is 11.7 Å². The lowest BCUT2D eigenvalue weighted by Gasteiger charge is -2.12. The van der Waals surface area contributed by atoms with Crippen molar-refractivity contribution in [1.29, 1.82) is 0 Å². The summed E-state index contributed by atoms with van der Waals surface area (Å²) in [5.74, 6) is 0.468. The Morgan fingerprint density at radius 2 is 1.73 bits per heavy atom. The molecule has 0 aliphatic carbocycles. The first kappa shape index (κ1) is 17.6. The second-order valence-electron chi connectivity index (χ2n) is 5.57. The number of ether oxygens (including phenoxy) is 1. The molecule has 3 aromatic rings. The highest BCUT2D eigenvalue weighted by atomic mass is 19.4. The molecule has 1 aromatic heterocycles. The summed E-state index contributed by atoms with van der Waals surface area (Å²) in [5.41, 5.74) is 0.970. The topological polar surface area (TPSA) is 52.1 Å². The second-order valence-corrected chi connectivity index (χ2v) is 5.57. The van der Waals surface area contributed by atoms with E-state index in [1.807, 2.05) is 0 Å². The van der Waals surface area contributed by atoms with Crippen LogP contribution in [0.4, 0.5) is 13.2 Å². The van der Waals surface area contributed by atoms with Crippen molar-refractivity contribution < 1.29 is 22.7 Å². The van der Waals surface area contributed by atoms with E-state index in [9.17, 15) is 18.0 Å². The van der Waals surface area contributed by atoms with Crippen LogP contribution in [0.5, 0.6) is 11.6 Å². The summed E-state index contributed by atoms with van der Waals surface area (Å²) in [5, 5.41) is 7.87. The van der Waals surface area contributed by atoms with E-state index in [4.69, 9.17) is 4.74 Å². The number of aromatic nitrogens is 2. The predicted molar refractivity (Wildman–Crippen MR) is 89.1 cm³/mol. The molecule has 2 aromatic carbocycles. The summed E-state index contributed by atoms with van der Waals surface area (Å²) < 4.78 is 44.7. The van der Waals surface area contributed by atoms with Crippen LogP contribution in [0.1, 0.15) is 21.6 Å². The van der Waals surface area contributed by atoms with Crippen molar-refractivity contribution in [3.05, 3.63) is 71.4 Å². The van der Waals surface area contributed by atoms with E-state index in [1.165, 1.54) is 6.07 Å². The molecule has 0 aliphatic heterocycles. The number of carbonyl (C=O) groups excluding carboxylic acids is 1. The molecule has 0 bridgehead atoms. The fourth-order valence-corrected chi connectivity index (χ4v) is 2.35. The molecule has 0 unspecified atom stereocenters. The number of aryl methyl sites for hydroxylation is 1. The van der Waals surface area contributed by atoms with Gasteiger partial charge in [-0.3, -0.25) is 4.79 Å². The maximum absolute atomic E-state index is 13.0. The minimum atomic E-state index is -4.45. The zero-order valence-corrected chi connectivity index (χ0v) is 13.6. The van der Waals surface area contributed by atoms with Crippen molar-refractivity contribution in [2.24, 2.45) is 0 Å².